The molecule has 1 N–H and O–H groups in total. The second-order valence-corrected chi connectivity index (χ2v) is 7.38. The first-order valence-electron chi connectivity index (χ1n) is 9.64. The van der Waals surface area contributed by atoms with Crippen LogP contribution < -0.4 is 10.1 Å². The third kappa shape index (κ3) is 4.66. The average Bonchev–Trinajstić information content (AvgIpc) is 2.84. The van der Waals surface area contributed by atoms with Gasteiger partial charge in [-0.1, -0.05) is 24.6 Å². The number of piperidine rings is 1. The molecule has 25 heavy (non-hydrogen) atoms. The number of hydrogen-bond acceptors (Lipinski definition) is 3. The van der Waals surface area contributed by atoms with Crippen LogP contribution in [-0.2, 0) is 6.54 Å². The van der Waals surface area contributed by atoms with Crippen LogP contribution >= 0.6 is 0 Å². The number of ether oxygens (including phenoxy) is 1. The molecule has 0 bridgehead atoms. The highest BCUT2D eigenvalue weighted by molar-refractivity contribution is 5.74. The third-order valence-electron chi connectivity index (χ3n) is 5.33. The molecule has 1 aromatic carbocycles. The van der Waals surface area contributed by atoms with Crippen molar-refractivity contribution in [2.75, 3.05) is 26.2 Å². The number of fused-ring (bicyclic) bond motifs is 1. The van der Waals surface area contributed by atoms with Crippen molar-refractivity contribution in [3.63, 3.8) is 0 Å². The summed E-state index contributed by atoms with van der Waals surface area (Å²) in [6.07, 6.45) is 4.89. The molecule has 2 heterocycles. The molecular weight excluding hydrogens is 314 g/mol. The molecule has 1 atom stereocenters. The van der Waals surface area contributed by atoms with Crippen LogP contribution in [-0.4, -0.2) is 54.2 Å². The normalized spacial score (nSPS) is 21.4. The number of nitrogens with one attached hydrogen (secondary N) is 1. The maximum atomic E-state index is 12.6. The van der Waals surface area contributed by atoms with Crippen LogP contribution in [0.25, 0.3) is 0 Å². The number of amides is 2. The van der Waals surface area contributed by atoms with Gasteiger partial charge in [-0.15, -0.1) is 0 Å². The molecule has 1 fully saturated rings. The molecule has 2 aliphatic heterocycles. The van der Waals surface area contributed by atoms with Crippen molar-refractivity contribution in [3.8, 4) is 5.75 Å². The summed E-state index contributed by atoms with van der Waals surface area (Å²) in [6.45, 7) is 8.26. The van der Waals surface area contributed by atoms with Crippen molar-refractivity contribution < 1.29 is 9.53 Å². The molecule has 1 aromatic rings. The summed E-state index contributed by atoms with van der Waals surface area (Å²) >= 11 is 0. The highest BCUT2D eigenvalue weighted by Crippen LogP contribution is 2.23. The molecule has 0 saturated carbocycles. The van der Waals surface area contributed by atoms with Gasteiger partial charge in [-0.05, 0) is 45.7 Å². The van der Waals surface area contributed by atoms with E-state index in [-0.39, 0.29) is 6.03 Å². The van der Waals surface area contributed by atoms with E-state index in [0.29, 0.717) is 31.8 Å². The van der Waals surface area contributed by atoms with E-state index in [2.05, 4.69) is 24.1 Å². The standard InChI is InChI=1S/C20H31N3O2/c1-16(2)23-12-6-5-8-18(23)10-11-21-20(24)22-13-14-25-19-9-4-3-7-17(19)15-22/h3-4,7,9,16,18H,5-6,8,10-15H2,1-2H3,(H,21,24)/t18-/m0/s1. The minimum Gasteiger partial charge on any atom is -0.491 e. The zero-order chi connectivity index (χ0) is 17.6. The van der Waals surface area contributed by atoms with Gasteiger partial charge < -0.3 is 15.0 Å². The van der Waals surface area contributed by atoms with Crippen LogP contribution in [0.4, 0.5) is 4.79 Å². The van der Waals surface area contributed by atoms with Crippen LogP contribution in [0.15, 0.2) is 24.3 Å². The van der Waals surface area contributed by atoms with Crippen molar-refractivity contribution in [2.45, 2.75) is 58.2 Å². The Bertz CT molecular complexity index is 576. The van der Waals surface area contributed by atoms with E-state index in [1.54, 1.807) is 0 Å². The smallest absolute Gasteiger partial charge is 0.317 e. The minimum absolute atomic E-state index is 0.0206. The van der Waals surface area contributed by atoms with E-state index in [1.165, 1.54) is 25.8 Å². The molecule has 0 radical (unpaired) electrons. The quantitative estimate of drug-likeness (QED) is 0.911. The van der Waals surface area contributed by atoms with Gasteiger partial charge in [0.1, 0.15) is 12.4 Å². The van der Waals surface area contributed by atoms with E-state index in [9.17, 15) is 4.79 Å². The highest BCUT2D eigenvalue weighted by Gasteiger charge is 2.25. The van der Waals surface area contributed by atoms with E-state index < -0.39 is 0 Å². The molecule has 0 unspecified atom stereocenters. The summed E-state index contributed by atoms with van der Waals surface area (Å²) in [6, 6.07) is 9.17. The monoisotopic (exact) mass is 345 g/mol. The number of carbonyl (C=O) groups is 1. The van der Waals surface area contributed by atoms with Crippen molar-refractivity contribution >= 4 is 6.03 Å². The number of benzene rings is 1. The largest absolute Gasteiger partial charge is 0.491 e. The Balaban J connectivity index is 1.49. The first kappa shape index (κ1) is 18.1. The summed E-state index contributed by atoms with van der Waals surface area (Å²) < 4.78 is 5.74. The molecule has 0 aliphatic carbocycles. The lowest BCUT2D eigenvalue weighted by atomic mass is 9.98. The molecular formula is C20H31N3O2. The van der Waals surface area contributed by atoms with E-state index in [1.807, 2.05) is 29.2 Å². The predicted molar refractivity (Wildman–Crippen MR) is 99.8 cm³/mol. The van der Waals surface area contributed by atoms with Crippen LogP contribution in [0.3, 0.4) is 0 Å². The van der Waals surface area contributed by atoms with Gasteiger partial charge in [-0.25, -0.2) is 4.79 Å². The Morgan fingerprint density at radius 3 is 2.96 bits per heavy atom. The molecule has 2 amide bonds. The van der Waals surface area contributed by atoms with Crippen molar-refractivity contribution in [2.24, 2.45) is 0 Å². The fourth-order valence-corrected chi connectivity index (χ4v) is 3.97. The topological polar surface area (TPSA) is 44.8 Å². The lowest BCUT2D eigenvalue weighted by Gasteiger charge is -2.38. The summed E-state index contributed by atoms with van der Waals surface area (Å²) in [4.78, 5) is 17.0. The Labute approximate surface area is 151 Å². The van der Waals surface area contributed by atoms with Crippen LogP contribution in [0.1, 0.15) is 45.1 Å². The fraction of sp³-hybridized carbons (Fsp3) is 0.650. The summed E-state index contributed by atoms with van der Waals surface area (Å²) in [5.41, 5.74) is 1.08. The second kappa shape index (κ2) is 8.56. The Kier molecular flexibility index (Phi) is 6.19. The number of para-hydroxylation sites is 1. The van der Waals surface area contributed by atoms with Gasteiger partial charge in [-0.3, -0.25) is 4.90 Å². The van der Waals surface area contributed by atoms with Crippen molar-refractivity contribution in [1.82, 2.24) is 15.1 Å². The first-order chi connectivity index (χ1) is 12.1. The lowest BCUT2D eigenvalue weighted by molar-refractivity contribution is 0.105. The first-order valence-corrected chi connectivity index (χ1v) is 9.64. The van der Waals surface area contributed by atoms with Gasteiger partial charge in [0.05, 0.1) is 13.1 Å². The lowest BCUT2D eigenvalue weighted by Crippen LogP contribution is -2.46. The molecule has 5 heteroatoms. The van der Waals surface area contributed by atoms with E-state index in [0.717, 1.165) is 24.3 Å². The molecule has 1 saturated heterocycles. The second-order valence-electron chi connectivity index (χ2n) is 7.38. The Morgan fingerprint density at radius 2 is 2.12 bits per heavy atom. The van der Waals surface area contributed by atoms with Crippen LogP contribution in [0.2, 0.25) is 0 Å². The molecule has 138 valence electrons. The predicted octanol–water partition coefficient (Wildman–Crippen LogP) is 3.24. The van der Waals surface area contributed by atoms with Gasteiger partial charge >= 0.3 is 6.03 Å². The van der Waals surface area contributed by atoms with E-state index >= 15 is 0 Å². The number of hydrogen-bond donors (Lipinski definition) is 1. The summed E-state index contributed by atoms with van der Waals surface area (Å²) in [5, 5.41) is 3.12. The fourth-order valence-electron chi connectivity index (χ4n) is 3.97. The third-order valence-corrected chi connectivity index (χ3v) is 5.33. The number of nitrogens with zero attached hydrogens (tertiary/aromatic N) is 2. The van der Waals surface area contributed by atoms with Crippen molar-refractivity contribution in [3.05, 3.63) is 29.8 Å². The zero-order valence-electron chi connectivity index (χ0n) is 15.5. The molecule has 0 spiro atoms. The van der Waals surface area contributed by atoms with Crippen LogP contribution in [0, 0.1) is 0 Å². The van der Waals surface area contributed by atoms with Gasteiger partial charge in [0.25, 0.3) is 0 Å². The SMILES string of the molecule is CC(C)N1CCCC[C@H]1CCNC(=O)N1CCOc2ccccc2C1. The average molecular weight is 345 g/mol. The molecule has 2 aliphatic rings. The maximum absolute atomic E-state index is 12.6. The van der Waals surface area contributed by atoms with Gasteiger partial charge in [0, 0.05) is 24.2 Å². The number of urea groups is 1. The Hall–Kier alpha value is -1.75. The highest BCUT2D eigenvalue weighted by atomic mass is 16.5. The number of carbonyl (C=O) groups excluding carboxylic acids is 1. The molecule has 0 aromatic heterocycles. The molecule has 5 nitrogen and oxygen atoms in total. The van der Waals surface area contributed by atoms with Crippen molar-refractivity contribution in [1.29, 1.82) is 0 Å². The van der Waals surface area contributed by atoms with E-state index in [4.69, 9.17) is 4.74 Å². The summed E-state index contributed by atoms with van der Waals surface area (Å²) in [7, 11) is 0. The minimum atomic E-state index is 0.0206. The maximum Gasteiger partial charge on any atom is 0.317 e. The number of likely N-dealkylation sites (tertiary alicyclic amines) is 1. The van der Waals surface area contributed by atoms with Gasteiger partial charge in [0.2, 0.25) is 0 Å². The van der Waals surface area contributed by atoms with Gasteiger partial charge in [0.15, 0.2) is 0 Å². The Morgan fingerprint density at radius 1 is 1.28 bits per heavy atom. The zero-order valence-corrected chi connectivity index (χ0v) is 15.5. The molecule has 3 rings (SSSR count). The van der Waals surface area contributed by atoms with Gasteiger partial charge in [-0.2, -0.15) is 0 Å². The summed E-state index contributed by atoms with van der Waals surface area (Å²) in [5.74, 6) is 0.896. The number of rotatable bonds is 4. The van der Waals surface area contributed by atoms with Crippen LogP contribution in [0.5, 0.6) is 5.75 Å².